The molecule has 0 amide bonds. The quantitative estimate of drug-likeness (QED) is 0.645. The van der Waals surface area contributed by atoms with Gasteiger partial charge in [0.15, 0.2) is 0 Å². The van der Waals surface area contributed by atoms with E-state index in [0.29, 0.717) is 12.8 Å². The van der Waals surface area contributed by atoms with Crippen LogP contribution in [-0.4, -0.2) is 35.7 Å². The molecule has 0 fully saturated rings. The first-order valence-corrected chi connectivity index (χ1v) is 9.57. The van der Waals surface area contributed by atoms with Crippen LogP contribution in [0.2, 0.25) is 0 Å². The molecular weight excluding hydrogens is 330 g/mol. The predicted molar refractivity (Wildman–Crippen MR) is 113 cm³/mol. The molecule has 0 bridgehead atoms. The van der Waals surface area contributed by atoms with E-state index in [0.717, 1.165) is 17.5 Å². The third-order valence-electron chi connectivity index (χ3n) is 5.22. The number of benzene rings is 3. The number of likely N-dealkylation sites (N-methyl/N-ethyl adjacent to an activating group) is 1. The fourth-order valence-corrected chi connectivity index (χ4v) is 3.89. The minimum atomic E-state index is -0.873. The summed E-state index contributed by atoms with van der Waals surface area (Å²) in [5.74, 6) is 0. The van der Waals surface area contributed by atoms with Crippen LogP contribution in [0.1, 0.15) is 16.7 Å². The molecule has 0 radical (unpaired) electrons. The van der Waals surface area contributed by atoms with E-state index in [2.05, 4.69) is 67.5 Å². The van der Waals surface area contributed by atoms with Crippen LogP contribution >= 0.6 is 0 Å². The lowest BCUT2D eigenvalue weighted by molar-refractivity contribution is -0.0329. The molecule has 1 atom stereocenters. The van der Waals surface area contributed by atoms with Crippen molar-refractivity contribution >= 4 is 0 Å². The van der Waals surface area contributed by atoms with Crippen LogP contribution in [0.5, 0.6) is 0 Å². The maximum Gasteiger partial charge on any atom is 0.0885 e. The van der Waals surface area contributed by atoms with Gasteiger partial charge in [0.05, 0.1) is 5.60 Å². The lowest BCUT2D eigenvalue weighted by Crippen LogP contribution is -2.54. The van der Waals surface area contributed by atoms with Gasteiger partial charge in [-0.3, -0.25) is 0 Å². The van der Waals surface area contributed by atoms with Gasteiger partial charge in [-0.05, 0) is 37.2 Å². The Morgan fingerprint density at radius 2 is 1.04 bits per heavy atom. The molecule has 3 aromatic carbocycles. The van der Waals surface area contributed by atoms with Gasteiger partial charge in [-0.2, -0.15) is 0 Å². The molecule has 0 saturated carbocycles. The summed E-state index contributed by atoms with van der Waals surface area (Å²) in [5, 5.41) is 12.0. The van der Waals surface area contributed by atoms with Gasteiger partial charge in [-0.1, -0.05) is 91.0 Å². The Morgan fingerprint density at radius 1 is 0.667 bits per heavy atom. The lowest BCUT2D eigenvalue weighted by Gasteiger charge is -2.41. The summed E-state index contributed by atoms with van der Waals surface area (Å²) in [5.41, 5.74) is 2.70. The highest BCUT2D eigenvalue weighted by molar-refractivity contribution is 5.25. The van der Waals surface area contributed by atoms with Crippen molar-refractivity contribution in [3.8, 4) is 0 Å². The molecular formula is C25H29NO. The monoisotopic (exact) mass is 359 g/mol. The molecule has 1 unspecified atom stereocenters. The molecule has 0 aliphatic carbocycles. The van der Waals surface area contributed by atoms with Crippen LogP contribution in [-0.2, 0) is 19.3 Å². The Bertz CT molecular complexity index is 758. The zero-order chi connectivity index (χ0) is 19.1. The lowest BCUT2D eigenvalue weighted by atomic mass is 9.79. The van der Waals surface area contributed by atoms with Crippen molar-refractivity contribution < 1.29 is 5.11 Å². The molecule has 0 saturated heterocycles. The fourth-order valence-electron chi connectivity index (χ4n) is 3.89. The first kappa shape index (κ1) is 19.3. The van der Waals surface area contributed by atoms with Crippen molar-refractivity contribution in [1.82, 2.24) is 4.90 Å². The van der Waals surface area contributed by atoms with E-state index in [-0.39, 0.29) is 6.04 Å². The van der Waals surface area contributed by atoms with E-state index < -0.39 is 5.60 Å². The molecule has 0 spiro atoms. The van der Waals surface area contributed by atoms with Gasteiger partial charge in [0.25, 0.3) is 0 Å². The van der Waals surface area contributed by atoms with Crippen molar-refractivity contribution in [2.45, 2.75) is 30.9 Å². The Labute approximate surface area is 163 Å². The summed E-state index contributed by atoms with van der Waals surface area (Å²) in [7, 11) is 4.13. The standard InChI is InChI=1S/C25H29NO/c1-26(2)24(18-21-12-6-3-7-13-21)25(27,19-22-14-8-4-9-15-22)20-23-16-10-5-11-17-23/h3-17,24,27H,18-20H2,1-2H3. The maximum absolute atomic E-state index is 12.0. The molecule has 1 N–H and O–H groups in total. The average Bonchev–Trinajstić information content (AvgIpc) is 2.68. The Hall–Kier alpha value is -2.42. The first-order chi connectivity index (χ1) is 13.1. The largest absolute Gasteiger partial charge is 0.388 e. The molecule has 3 rings (SSSR count). The van der Waals surface area contributed by atoms with E-state index >= 15 is 0 Å². The molecule has 2 heteroatoms. The highest BCUT2D eigenvalue weighted by Crippen LogP contribution is 2.28. The van der Waals surface area contributed by atoms with Gasteiger partial charge < -0.3 is 10.0 Å². The van der Waals surface area contributed by atoms with Crippen molar-refractivity contribution in [2.75, 3.05) is 14.1 Å². The number of aliphatic hydroxyl groups is 1. The van der Waals surface area contributed by atoms with E-state index in [9.17, 15) is 5.11 Å². The van der Waals surface area contributed by atoms with Gasteiger partial charge in [0.2, 0.25) is 0 Å². The second-order valence-electron chi connectivity index (χ2n) is 7.60. The van der Waals surface area contributed by atoms with Gasteiger partial charge in [-0.25, -0.2) is 0 Å². The van der Waals surface area contributed by atoms with E-state index in [1.54, 1.807) is 0 Å². The van der Waals surface area contributed by atoms with Gasteiger partial charge >= 0.3 is 0 Å². The Balaban J connectivity index is 1.94. The Morgan fingerprint density at radius 3 is 1.41 bits per heavy atom. The van der Waals surface area contributed by atoms with Crippen molar-refractivity contribution in [3.63, 3.8) is 0 Å². The third-order valence-corrected chi connectivity index (χ3v) is 5.22. The Kier molecular flexibility index (Phi) is 6.44. The highest BCUT2D eigenvalue weighted by atomic mass is 16.3. The van der Waals surface area contributed by atoms with Crippen LogP contribution in [0, 0.1) is 0 Å². The third kappa shape index (κ3) is 5.29. The van der Waals surface area contributed by atoms with Crippen LogP contribution in [0.3, 0.4) is 0 Å². The van der Waals surface area contributed by atoms with E-state index in [1.807, 2.05) is 42.5 Å². The summed E-state index contributed by atoms with van der Waals surface area (Å²) >= 11 is 0. The van der Waals surface area contributed by atoms with Crippen molar-refractivity contribution in [3.05, 3.63) is 108 Å². The van der Waals surface area contributed by atoms with Crippen LogP contribution in [0.25, 0.3) is 0 Å². The fraction of sp³-hybridized carbons (Fsp3) is 0.280. The minimum Gasteiger partial charge on any atom is -0.388 e. The molecule has 0 heterocycles. The second-order valence-corrected chi connectivity index (χ2v) is 7.60. The zero-order valence-corrected chi connectivity index (χ0v) is 16.3. The smallest absolute Gasteiger partial charge is 0.0885 e. The average molecular weight is 360 g/mol. The second kappa shape index (κ2) is 8.98. The summed E-state index contributed by atoms with van der Waals surface area (Å²) in [6.07, 6.45) is 2.06. The number of hydrogen-bond donors (Lipinski definition) is 1. The minimum absolute atomic E-state index is 0.000289. The van der Waals surface area contributed by atoms with Crippen LogP contribution < -0.4 is 0 Å². The molecule has 0 aromatic heterocycles. The van der Waals surface area contributed by atoms with Crippen molar-refractivity contribution in [2.24, 2.45) is 0 Å². The van der Waals surface area contributed by atoms with Gasteiger partial charge in [0, 0.05) is 18.9 Å². The number of rotatable bonds is 8. The normalized spacial score (nSPS) is 12.9. The van der Waals surface area contributed by atoms with Crippen LogP contribution in [0.15, 0.2) is 91.0 Å². The van der Waals surface area contributed by atoms with Crippen molar-refractivity contribution in [1.29, 1.82) is 0 Å². The van der Waals surface area contributed by atoms with E-state index in [1.165, 1.54) is 5.56 Å². The SMILES string of the molecule is CN(C)C(Cc1ccccc1)C(O)(Cc1ccccc1)Cc1ccccc1. The molecule has 0 aliphatic rings. The molecule has 2 nitrogen and oxygen atoms in total. The summed E-state index contributed by atoms with van der Waals surface area (Å²) in [6, 6.07) is 31.1. The summed E-state index contributed by atoms with van der Waals surface area (Å²) < 4.78 is 0. The molecule has 0 aliphatic heterocycles. The molecule has 3 aromatic rings. The first-order valence-electron chi connectivity index (χ1n) is 9.57. The summed E-state index contributed by atoms with van der Waals surface area (Å²) in [4.78, 5) is 2.17. The molecule has 27 heavy (non-hydrogen) atoms. The molecule has 140 valence electrons. The van der Waals surface area contributed by atoms with Crippen LogP contribution in [0.4, 0.5) is 0 Å². The van der Waals surface area contributed by atoms with Gasteiger partial charge in [0.1, 0.15) is 0 Å². The number of hydrogen-bond acceptors (Lipinski definition) is 2. The highest BCUT2D eigenvalue weighted by Gasteiger charge is 2.38. The van der Waals surface area contributed by atoms with Gasteiger partial charge in [-0.15, -0.1) is 0 Å². The zero-order valence-electron chi connectivity index (χ0n) is 16.3. The summed E-state index contributed by atoms with van der Waals surface area (Å²) in [6.45, 7) is 0. The topological polar surface area (TPSA) is 23.5 Å². The predicted octanol–water partition coefficient (Wildman–Crippen LogP) is 4.38. The maximum atomic E-state index is 12.0. The number of nitrogens with zero attached hydrogens (tertiary/aromatic N) is 1. The van der Waals surface area contributed by atoms with E-state index in [4.69, 9.17) is 0 Å².